The lowest BCUT2D eigenvalue weighted by Crippen LogP contribution is -2.40. The average molecular weight is 392 g/mol. The maximum atomic E-state index is 12.6. The minimum atomic E-state index is -0.0719. The molecule has 1 fully saturated rings. The third kappa shape index (κ3) is 6.60. The van der Waals surface area contributed by atoms with Gasteiger partial charge in [-0.1, -0.05) is 17.7 Å². The third-order valence-electron chi connectivity index (χ3n) is 4.35. The summed E-state index contributed by atoms with van der Waals surface area (Å²) >= 11 is 1.47. The molecule has 0 aliphatic carbocycles. The Kier molecular flexibility index (Phi) is 7.75. The number of imidazole rings is 1. The van der Waals surface area contributed by atoms with E-state index in [-0.39, 0.29) is 23.9 Å². The molecule has 1 aromatic rings. The average Bonchev–Trinajstić information content (AvgIpc) is 2.98. The van der Waals surface area contributed by atoms with Crippen LogP contribution in [0, 0.1) is 12.3 Å². The molecule has 27 heavy (non-hydrogen) atoms. The van der Waals surface area contributed by atoms with E-state index in [4.69, 9.17) is 6.42 Å². The second-order valence-corrected chi connectivity index (χ2v) is 8.47. The molecule has 0 aromatic carbocycles. The Morgan fingerprint density at radius 3 is 2.78 bits per heavy atom. The van der Waals surface area contributed by atoms with Gasteiger partial charge in [0.05, 0.1) is 18.8 Å². The molecule has 2 amide bonds. The molecule has 0 saturated carbocycles. The molecule has 1 aromatic heterocycles. The van der Waals surface area contributed by atoms with Crippen LogP contribution in [0.3, 0.4) is 0 Å². The molecule has 7 nitrogen and oxygen atoms in total. The summed E-state index contributed by atoms with van der Waals surface area (Å²) in [6.07, 6.45) is 9.73. The summed E-state index contributed by atoms with van der Waals surface area (Å²) in [4.78, 5) is 32.8. The Hall–Kier alpha value is -1.98. The molecule has 1 aliphatic rings. The number of rotatable bonds is 6. The van der Waals surface area contributed by atoms with Gasteiger partial charge in [-0.3, -0.25) is 14.5 Å². The smallest absolute Gasteiger partial charge is 0.234 e. The number of aromatic nitrogens is 2. The molecule has 1 N–H and O–H groups in total. The first kappa shape index (κ1) is 21.3. The van der Waals surface area contributed by atoms with Crippen molar-refractivity contribution in [1.29, 1.82) is 0 Å². The van der Waals surface area contributed by atoms with Crippen molar-refractivity contribution in [3.63, 3.8) is 0 Å². The number of nitrogens with zero attached hydrogens (tertiary/aromatic N) is 4. The van der Waals surface area contributed by atoms with Gasteiger partial charge in [0.25, 0.3) is 0 Å². The Labute approximate surface area is 165 Å². The van der Waals surface area contributed by atoms with Crippen LogP contribution in [0.25, 0.3) is 0 Å². The number of hydrogen-bond acceptors (Lipinski definition) is 5. The number of thioether (sulfide) groups is 1. The van der Waals surface area contributed by atoms with Crippen molar-refractivity contribution in [2.45, 2.75) is 37.9 Å². The standard InChI is InChI=1S/C19H29N5O2S/c1-5-7-20-16(25)14-22-9-6-10-23(13-12-22)17(26)15-27-18-21-8-11-24(18)19(2,3)4/h1,8,11H,6-7,9-10,12-15H2,2-4H3,(H,20,25). The van der Waals surface area contributed by atoms with Crippen molar-refractivity contribution < 1.29 is 9.59 Å². The Morgan fingerprint density at radius 2 is 2.07 bits per heavy atom. The largest absolute Gasteiger partial charge is 0.344 e. The minimum Gasteiger partial charge on any atom is -0.344 e. The molecule has 1 saturated heterocycles. The zero-order valence-corrected chi connectivity index (χ0v) is 17.2. The van der Waals surface area contributed by atoms with Gasteiger partial charge in [-0.15, -0.1) is 6.42 Å². The second-order valence-electron chi connectivity index (χ2n) is 7.53. The molecule has 0 atom stereocenters. The van der Waals surface area contributed by atoms with Gasteiger partial charge < -0.3 is 14.8 Å². The van der Waals surface area contributed by atoms with E-state index in [0.717, 1.165) is 24.7 Å². The first-order valence-corrected chi connectivity index (χ1v) is 10.2. The molecule has 0 bridgehead atoms. The Morgan fingerprint density at radius 1 is 1.30 bits per heavy atom. The topological polar surface area (TPSA) is 70.5 Å². The van der Waals surface area contributed by atoms with E-state index in [1.807, 2.05) is 11.1 Å². The van der Waals surface area contributed by atoms with E-state index in [9.17, 15) is 9.59 Å². The number of carbonyl (C=O) groups is 2. The summed E-state index contributed by atoms with van der Waals surface area (Å²) in [5.74, 6) is 2.81. The molecule has 1 aliphatic heterocycles. The van der Waals surface area contributed by atoms with Gasteiger partial charge in [0, 0.05) is 44.1 Å². The Balaban J connectivity index is 1.82. The summed E-state index contributed by atoms with van der Waals surface area (Å²) in [5, 5.41) is 3.54. The van der Waals surface area contributed by atoms with Crippen LogP contribution in [-0.4, -0.2) is 76.2 Å². The maximum Gasteiger partial charge on any atom is 0.234 e. The van der Waals surface area contributed by atoms with Crippen LogP contribution in [0.4, 0.5) is 0 Å². The predicted octanol–water partition coefficient (Wildman–Crippen LogP) is 1.01. The lowest BCUT2D eigenvalue weighted by Gasteiger charge is -2.24. The normalized spacial score (nSPS) is 15.9. The van der Waals surface area contributed by atoms with E-state index in [1.54, 1.807) is 6.20 Å². The van der Waals surface area contributed by atoms with Crippen molar-refractivity contribution in [2.75, 3.05) is 45.0 Å². The van der Waals surface area contributed by atoms with Gasteiger partial charge in [-0.25, -0.2) is 4.98 Å². The fourth-order valence-electron chi connectivity index (χ4n) is 2.91. The highest BCUT2D eigenvalue weighted by atomic mass is 32.2. The highest BCUT2D eigenvalue weighted by Crippen LogP contribution is 2.24. The second kappa shape index (κ2) is 9.81. The van der Waals surface area contributed by atoms with Gasteiger partial charge >= 0.3 is 0 Å². The zero-order chi connectivity index (χ0) is 19.9. The summed E-state index contributed by atoms with van der Waals surface area (Å²) in [6.45, 7) is 9.76. The van der Waals surface area contributed by atoms with Crippen LogP contribution < -0.4 is 5.32 Å². The van der Waals surface area contributed by atoms with Crippen LogP contribution in [0.2, 0.25) is 0 Å². The fraction of sp³-hybridized carbons (Fsp3) is 0.632. The number of hydrogen-bond donors (Lipinski definition) is 1. The van der Waals surface area contributed by atoms with E-state index >= 15 is 0 Å². The first-order chi connectivity index (χ1) is 12.8. The van der Waals surface area contributed by atoms with Crippen molar-refractivity contribution in [2.24, 2.45) is 0 Å². The zero-order valence-electron chi connectivity index (χ0n) is 16.4. The fourth-order valence-corrected chi connectivity index (χ4v) is 3.96. The summed E-state index contributed by atoms with van der Waals surface area (Å²) in [7, 11) is 0. The van der Waals surface area contributed by atoms with Crippen molar-refractivity contribution in [1.82, 2.24) is 24.7 Å². The van der Waals surface area contributed by atoms with Crippen LogP contribution >= 0.6 is 11.8 Å². The third-order valence-corrected chi connectivity index (χ3v) is 5.30. The van der Waals surface area contributed by atoms with Crippen LogP contribution in [0.5, 0.6) is 0 Å². The van der Waals surface area contributed by atoms with Crippen molar-refractivity contribution >= 4 is 23.6 Å². The Bertz CT molecular complexity index is 689. The van der Waals surface area contributed by atoms with E-state index < -0.39 is 0 Å². The molecule has 148 valence electrons. The van der Waals surface area contributed by atoms with E-state index in [2.05, 4.69) is 46.5 Å². The monoisotopic (exact) mass is 391 g/mol. The van der Waals surface area contributed by atoms with Crippen LogP contribution in [-0.2, 0) is 15.1 Å². The SMILES string of the molecule is C#CCNC(=O)CN1CCCN(C(=O)CSc2nccn2C(C)(C)C)CC1. The van der Waals surface area contributed by atoms with Gasteiger partial charge in [-0.2, -0.15) is 0 Å². The van der Waals surface area contributed by atoms with Gasteiger partial charge in [0.2, 0.25) is 11.8 Å². The number of terminal acetylenes is 1. The van der Waals surface area contributed by atoms with Gasteiger partial charge in [-0.05, 0) is 27.2 Å². The number of carbonyl (C=O) groups excluding carboxylic acids is 2. The predicted molar refractivity (Wildman–Crippen MR) is 107 cm³/mol. The number of amides is 2. The molecule has 2 heterocycles. The van der Waals surface area contributed by atoms with Crippen molar-refractivity contribution in [3.05, 3.63) is 12.4 Å². The lowest BCUT2D eigenvalue weighted by atomic mass is 10.1. The minimum absolute atomic E-state index is 0.0645. The molecule has 2 rings (SSSR count). The van der Waals surface area contributed by atoms with E-state index in [0.29, 0.717) is 25.4 Å². The van der Waals surface area contributed by atoms with Crippen LogP contribution in [0.1, 0.15) is 27.2 Å². The highest BCUT2D eigenvalue weighted by molar-refractivity contribution is 7.99. The maximum absolute atomic E-state index is 12.6. The number of nitrogens with one attached hydrogen (secondary N) is 1. The molecular formula is C19H29N5O2S. The molecular weight excluding hydrogens is 362 g/mol. The lowest BCUT2D eigenvalue weighted by molar-refractivity contribution is -0.128. The van der Waals surface area contributed by atoms with Gasteiger partial charge in [0.15, 0.2) is 5.16 Å². The first-order valence-electron chi connectivity index (χ1n) is 9.18. The summed E-state index contributed by atoms with van der Waals surface area (Å²) in [6, 6.07) is 0. The van der Waals surface area contributed by atoms with Crippen LogP contribution in [0.15, 0.2) is 17.6 Å². The summed E-state index contributed by atoms with van der Waals surface area (Å²) < 4.78 is 2.09. The van der Waals surface area contributed by atoms with Gasteiger partial charge in [0.1, 0.15) is 0 Å². The van der Waals surface area contributed by atoms with E-state index in [1.165, 1.54) is 11.8 Å². The molecule has 8 heteroatoms. The molecule has 0 unspecified atom stereocenters. The molecule has 0 radical (unpaired) electrons. The van der Waals surface area contributed by atoms with Crippen molar-refractivity contribution in [3.8, 4) is 12.3 Å². The highest BCUT2D eigenvalue weighted by Gasteiger charge is 2.22. The quantitative estimate of drug-likeness (QED) is 0.579. The summed E-state index contributed by atoms with van der Waals surface area (Å²) in [5.41, 5.74) is -0.0645. The molecule has 0 spiro atoms.